The second-order valence-corrected chi connectivity index (χ2v) is 5.45. The van der Waals surface area contributed by atoms with E-state index in [1.54, 1.807) is 0 Å². The maximum Gasteiger partial charge on any atom is 0.0130 e. The lowest BCUT2D eigenvalue weighted by molar-refractivity contribution is 0.113. The number of hydrogen-bond acceptors (Lipinski definition) is 1. The van der Waals surface area contributed by atoms with Gasteiger partial charge in [-0.25, -0.2) is 0 Å². The van der Waals surface area contributed by atoms with Crippen LogP contribution < -0.4 is 0 Å². The Morgan fingerprint density at radius 1 is 1.21 bits per heavy atom. The summed E-state index contributed by atoms with van der Waals surface area (Å²) in [5, 5.41) is 0. The smallest absolute Gasteiger partial charge is 0.0130 e. The van der Waals surface area contributed by atoms with Gasteiger partial charge in [0.1, 0.15) is 0 Å². The maximum absolute atomic E-state index is 2.82. The Kier molecular flexibility index (Phi) is 3.16. The molecule has 0 bridgehead atoms. The van der Waals surface area contributed by atoms with E-state index in [4.69, 9.17) is 0 Å². The molecule has 1 saturated heterocycles. The van der Waals surface area contributed by atoms with Crippen LogP contribution in [0.1, 0.15) is 59.3 Å². The van der Waals surface area contributed by atoms with Crippen LogP contribution in [0.25, 0.3) is 0 Å². The molecule has 0 N–H and O–H groups in total. The third-order valence-electron chi connectivity index (χ3n) is 4.32. The standard InChI is InChI=1S/C13H25N/c1-4-12-9-11-7-5-6-8-13(11)14(12)10(2)3/h10-13H,4-9H2,1-3H3. The van der Waals surface area contributed by atoms with Crippen molar-refractivity contribution < 1.29 is 0 Å². The first-order valence-corrected chi connectivity index (χ1v) is 6.51. The van der Waals surface area contributed by atoms with Crippen molar-refractivity contribution in [3.05, 3.63) is 0 Å². The van der Waals surface area contributed by atoms with Crippen LogP contribution in [-0.4, -0.2) is 23.0 Å². The van der Waals surface area contributed by atoms with E-state index in [2.05, 4.69) is 25.7 Å². The highest BCUT2D eigenvalue weighted by Gasteiger charge is 2.41. The summed E-state index contributed by atoms with van der Waals surface area (Å²) in [6.45, 7) is 7.11. The summed E-state index contributed by atoms with van der Waals surface area (Å²) in [4.78, 5) is 2.82. The Morgan fingerprint density at radius 2 is 1.93 bits per heavy atom. The lowest BCUT2D eigenvalue weighted by atomic mass is 9.84. The molecule has 0 spiro atoms. The van der Waals surface area contributed by atoms with Crippen LogP contribution in [0.3, 0.4) is 0 Å². The van der Waals surface area contributed by atoms with Gasteiger partial charge in [0.05, 0.1) is 0 Å². The van der Waals surface area contributed by atoms with Gasteiger partial charge in [-0.05, 0) is 45.4 Å². The van der Waals surface area contributed by atoms with Gasteiger partial charge in [-0.2, -0.15) is 0 Å². The lowest BCUT2D eigenvalue weighted by Gasteiger charge is -2.36. The highest BCUT2D eigenvalue weighted by Crippen LogP contribution is 2.41. The van der Waals surface area contributed by atoms with Crippen LogP contribution in [0.4, 0.5) is 0 Å². The van der Waals surface area contributed by atoms with E-state index in [1.165, 1.54) is 38.5 Å². The van der Waals surface area contributed by atoms with E-state index in [-0.39, 0.29) is 0 Å². The minimum atomic E-state index is 0.757. The highest BCUT2D eigenvalue weighted by atomic mass is 15.2. The molecule has 1 heterocycles. The maximum atomic E-state index is 2.82. The van der Waals surface area contributed by atoms with Gasteiger partial charge in [0.2, 0.25) is 0 Å². The fourth-order valence-electron chi connectivity index (χ4n) is 3.78. The van der Waals surface area contributed by atoms with E-state index < -0.39 is 0 Å². The van der Waals surface area contributed by atoms with Crippen molar-refractivity contribution in [3.8, 4) is 0 Å². The molecule has 2 fully saturated rings. The molecule has 0 aromatic carbocycles. The van der Waals surface area contributed by atoms with Crippen LogP contribution in [0.15, 0.2) is 0 Å². The van der Waals surface area contributed by atoms with Crippen LogP contribution in [0.5, 0.6) is 0 Å². The SMILES string of the molecule is CCC1CC2CCCCC2N1C(C)C. The van der Waals surface area contributed by atoms with Crippen molar-refractivity contribution in [2.45, 2.75) is 77.4 Å². The molecule has 3 atom stereocenters. The Labute approximate surface area is 88.9 Å². The van der Waals surface area contributed by atoms with E-state index in [1.807, 2.05) is 0 Å². The molecular weight excluding hydrogens is 170 g/mol. The molecule has 1 nitrogen and oxygen atoms in total. The Hall–Kier alpha value is -0.0400. The first kappa shape index (κ1) is 10.5. The van der Waals surface area contributed by atoms with Gasteiger partial charge in [0, 0.05) is 18.1 Å². The zero-order valence-corrected chi connectivity index (χ0v) is 10.00. The van der Waals surface area contributed by atoms with Crippen molar-refractivity contribution in [1.29, 1.82) is 0 Å². The predicted molar refractivity (Wildman–Crippen MR) is 61.4 cm³/mol. The van der Waals surface area contributed by atoms with Gasteiger partial charge < -0.3 is 0 Å². The molecule has 0 radical (unpaired) electrons. The molecule has 0 aromatic rings. The van der Waals surface area contributed by atoms with Crippen molar-refractivity contribution in [2.24, 2.45) is 5.92 Å². The van der Waals surface area contributed by atoms with Crippen LogP contribution in [-0.2, 0) is 0 Å². The fourth-order valence-corrected chi connectivity index (χ4v) is 3.78. The average Bonchev–Trinajstić information content (AvgIpc) is 2.55. The summed E-state index contributed by atoms with van der Waals surface area (Å²) in [6.07, 6.45) is 8.78. The molecule has 0 aromatic heterocycles. The molecule has 1 aliphatic heterocycles. The van der Waals surface area contributed by atoms with Gasteiger partial charge in [0.15, 0.2) is 0 Å². The molecule has 0 amide bonds. The van der Waals surface area contributed by atoms with E-state index >= 15 is 0 Å². The van der Waals surface area contributed by atoms with Gasteiger partial charge in [-0.1, -0.05) is 19.8 Å². The van der Waals surface area contributed by atoms with Gasteiger partial charge >= 0.3 is 0 Å². The molecule has 1 saturated carbocycles. The number of hydrogen-bond donors (Lipinski definition) is 0. The highest BCUT2D eigenvalue weighted by molar-refractivity contribution is 4.96. The van der Waals surface area contributed by atoms with Crippen molar-refractivity contribution in [1.82, 2.24) is 4.90 Å². The van der Waals surface area contributed by atoms with E-state index in [0.717, 1.165) is 24.0 Å². The molecule has 2 aliphatic rings. The number of rotatable bonds is 2. The van der Waals surface area contributed by atoms with Crippen molar-refractivity contribution >= 4 is 0 Å². The molecule has 1 heteroatoms. The molecule has 82 valence electrons. The number of likely N-dealkylation sites (tertiary alicyclic amines) is 1. The molecule has 2 rings (SSSR count). The quantitative estimate of drug-likeness (QED) is 0.652. The van der Waals surface area contributed by atoms with Crippen molar-refractivity contribution in [3.63, 3.8) is 0 Å². The minimum Gasteiger partial charge on any atom is -0.295 e. The first-order chi connectivity index (χ1) is 6.74. The number of fused-ring (bicyclic) bond motifs is 1. The lowest BCUT2D eigenvalue weighted by Crippen LogP contribution is -2.43. The Morgan fingerprint density at radius 3 is 2.57 bits per heavy atom. The van der Waals surface area contributed by atoms with Crippen molar-refractivity contribution in [2.75, 3.05) is 0 Å². The van der Waals surface area contributed by atoms with E-state index in [9.17, 15) is 0 Å². The molecule has 1 aliphatic carbocycles. The second-order valence-electron chi connectivity index (χ2n) is 5.45. The minimum absolute atomic E-state index is 0.757. The second kappa shape index (κ2) is 4.22. The zero-order valence-electron chi connectivity index (χ0n) is 10.00. The van der Waals surface area contributed by atoms with Gasteiger partial charge in [-0.15, -0.1) is 0 Å². The largest absolute Gasteiger partial charge is 0.295 e. The molecule has 14 heavy (non-hydrogen) atoms. The predicted octanol–water partition coefficient (Wildman–Crippen LogP) is 3.44. The monoisotopic (exact) mass is 195 g/mol. The summed E-state index contributed by atoms with van der Waals surface area (Å²) in [5.41, 5.74) is 0. The summed E-state index contributed by atoms with van der Waals surface area (Å²) in [7, 11) is 0. The normalized spacial score (nSPS) is 39.0. The summed E-state index contributed by atoms with van der Waals surface area (Å²) in [5.74, 6) is 1.04. The van der Waals surface area contributed by atoms with Gasteiger partial charge in [0.25, 0.3) is 0 Å². The topological polar surface area (TPSA) is 3.24 Å². The first-order valence-electron chi connectivity index (χ1n) is 6.51. The average molecular weight is 195 g/mol. The molecule has 3 unspecified atom stereocenters. The zero-order chi connectivity index (χ0) is 10.1. The fraction of sp³-hybridized carbons (Fsp3) is 1.00. The molecular formula is C13H25N. The third kappa shape index (κ3) is 1.71. The Balaban J connectivity index is 2.10. The van der Waals surface area contributed by atoms with E-state index in [0.29, 0.717) is 0 Å². The van der Waals surface area contributed by atoms with Crippen LogP contribution in [0, 0.1) is 5.92 Å². The summed E-state index contributed by atoms with van der Waals surface area (Å²) >= 11 is 0. The van der Waals surface area contributed by atoms with Crippen LogP contribution in [0.2, 0.25) is 0 Å². The summed E-state index contributed by atoms with van der Waals surface area (Å²) < 4.78 is 0. The number of nitrogens with zero attached hydrogens (tertiary/aromatic N) is 1. The third-order valence-corrected chi connectivity index (χ3v) is 4.32. The summed E-state index contributed by atoms with van der Waals surface area (Å²) in [6, 6.07) is 2.59. The van der Waals surface area contributed by atoms with Crippen LogP contribution >= 0.6 is 0 Å². The van der Waals surface area contributed by atoms with Gasteiger partial charge in [-0.3, -0.25) is 4.90 Å². The Bertz CT molecular complexity index is 188.